The summed E-state index contributed by atoms with van der Waals surface area (Å²) < 4.78 is 2.95. The third kappa shape index (κ3) is 3.81. The van der Waals surface area contributed by atoms with E-state index >= 15 is 0 Å². The molecule has 0 unspecified atom stereocenters. The van der Waals surface area contributed by atoms with Gasteiger partial charge in [0.2, 0.25) is 0 Å². The summed E-state index contributed by atoms with van der Waals surface area (Å²) in [6.45, 7) is 1.28. The molecule has 0 radical (unpaired) electrons. The van der Waals surface area contributed by atoms with Crippen molar-refractivity contribution < 1.29 is 0 Å². The summed E-state index contributed by atoms with van der Waals surface area (Å²) in [6.07, 6.45) is 3.67. The normalized spacial score (nSPS) is 10.7. The van der Waals surface area contributed by atoms with Crippen molar-refractivity contribution in [1.29, 1.82) is 0 Å². The molecule has 1 rings (SSSR count). The average molecular weight is 209 g/mol. The molecule has 0 bridgehead atoms. The Morgan fingerprint density at radius 1 is 1.50 bits per heavy atom. The molecule has 76 valence electrons. The second-order valence-electron chi connectivity index (χ2n) is 2.82. The summed E-state index contributed by atoms with van der Waals surface area (Å²) in [6, 6.07) is 8.16. The average Bonchev–Trinajstić information content (AvgIpc) is 2.25. The van der Waals surface area contributed by atoms with Gasteiger partial charge >= 0.3 is 0 Å². The fraction of sp³-hybridized carbons (Fsp3) is 0.300. The first-order valence-electron chi connectivity index (χ1n) is 4.41. The lowest BCUT2D eigenvalue weighted by atomic mass is 10.1. The molecule has 14 heavy (non-hydrogen) atoms. The van der Waals surface area contributed by atoms with Crippen LogP contribution in [0.5, 0.6) is 0 Å². The molecule has 4 heteroatoms. The molecular formula is C10H15N3S. The molecule has 0 saturated heterocycles. The minimum absolute atomic E-state index is 0.584. The van der Waals surface area contributed by atoms with Crippen molar-refractivity contribution in [3.05, 3.63) is 35.4 Å². The summed E-state index contributed by atoms with van der Waals surface area (Å²) in [7, 11) is 0. The number of aliphatic imine (C=N–C) groups is 1. The zero-order valence-electron chi connectivity index (χ0n) is 8.23. The Labute approximate surface area is 88.9 Å². The molecule has 3 N–H and O–H groups in total. The van der Waals surface area contributed by atoms with Gasteiger partial charge in [-0.15, -0.1) is 0 Å². The summed E-state index contributed by atoms with van der Waals surface area (Å²) in [5.74, 6) is 0. The van der Waals surface area contributed by atoms with Gasteiger partial charge in [0.1, 0.15) is 0 Å². The third-order valence-electron chi connectivity index (χ3n) is 1.76. The Morgan fingerprint density at radius 3 is 3.00 bits per heavy atom. The maximum atomic E-state index is 5.54. The van der Waals surface area contributed by atoms with Gasteiger partial charge in [-0.1, -0.05) is 36.2 Å². The van der Waals surface area contributed by atoms with Crippen molar-refractivity contribution in [2.45, 2.75) is 13.1 Å². The van der Waals surface area contributed by atoms with E-state index in [0.717, 1.165) is 5.56 Å². The van der Waals surface area contributed by atoms with Crippen LogP contribution in [0, 0.1) is 0 Å². The van der Waals surface area contributed by atoms with Crippen LogP contribution >= 0.6 is 11.9 Å². The first-order chi connectivity index (χ1) is 6.86. The van der Waals surface area contributed by atoms with E-state index < -0.39 is 0 Å². The Balaban J connectivity index is 2.50. The predicted molar refractivity (Wildman–Crippen MR) is 63.2 cm³/mol. The van der Waals surface area contributed by atoms with E-state index in [1.807, 2.05) is 18.4 Å². The first kappa shape index (κ1) is 11.1. The highest BCUT2D eigenvalue weighted by atomic mass is 32.2. The van der Waals surface area contributed by atoms with Gasteiger partial charge < -0.3 is 10.5 Å². The standard InChI is InChI=1S/C10H15N3S/c1-14-13-8-12-7-10-4-2-3-9(5-10)6-11/h2-5,8H,6-7,11H2,1H3,(H,12,13). The van der Waals surface area contributed by atoms with Gasteiger partial charge in [0.05, 0.1) is 12.9 Å². The highest BCUT2D eigenvalue weighted by Gasteiger charge is 1.92. The highest BCUT2D eigenvalue weighted by Crippen LogP contribution is 2.05. The van der Waals surface area contributed by atoms with Crippen molar-refractivity contribution >= 4 is 18.3 Å². The molecule has 0 saturated carbocycles. The zero-order valence-corrected chi connectivity index (χ0v) is 9.05. The minimum Gasteiger partial charge on any atom is -0.326 e. The molecule has 0 aliphatic carbocycles. The van der Waals surface area contributed by atoms with Crippen molar-refractivity contribution in [3.8, 4) is 0 Å². The lowest BCUT2D eigenvalue weighted by Gasteiger charge is -2.00. The Kier molecular flexibility index (Phi) is 5.11. The molecule has 0 amide bonds. The van der Waals surface area contributed by atoms with E-state index in [1.54, 1.807) is 6.34 Å². The molecule has 0 spiro atoms. The largest absolute Gasteiger partial charge is 0.326 e. The Bertz CT molecular complexity index is 299. The number of hydrogen-bond acceptors (Lipinski definition) is 3. The van der Waals surface area contributed by atoms with Gasteiger partial charge in [-0.25, -0.2) is 0 Å². The fourth-order valence-electron chi connectivity index (χ4n) is 1.10. The topological polar surface area (TPSA) is 50.4 Å². The van der Waals surface area contributed by atoms with E-state index in [0.29, 0.717) is 13.1 Å². The summed E-state index contributed by atoms with van der Waals surface area (Å²) in [4.78, 5) is 4.21. The Morgan fingerprint density at radius 2 is 2.29 bits per heavy atom. The van der Waals surface area contributed by atoms with Gasteiger partial charge in [0.25, 0.3) is 0 Å². The van der Waals surface area contributed by atoms with E-state index in [2.05, 4.69) is 21.8 Å². The second kappa shape index (κ2) is 6.45. The van der Waals surface area contributed by atoms with E-state index in [-0.39, 0.29) is 0 Å². The van der Waals surface area contributed by atoms with Crippen molar-refractivity contribution in [2.24, 2.45) is 10.7 Å². The summed E-state index contributed by atoms with van der Waals surface area (Å²) in [5, 5.41) is 0. The van der Waals surface area contributed by atoms with Crippen molar-refractivity contribution in [3.63, 3.8) is 0 Å². The van der Waals surface area contributed by atoms with E-state index in [9.17, 15) is 0 Å². The van der Waals surface area contributed by atoms with Crippen LogP contribution in [0.1, 0.15) is 11.1 Å². The monoisotopic (exact) mass is 209 g/mol. The second-order valence-corrected chi connectivity index (χ2v) is 3.46. The van der Waals surface area contributed by atoms with Crippen LogP contribution in [0.3, 0.4) is 0 Å². The third-order valence-corrected chi connectivity index (χ3v) is 2.10. The Hall–Kier alpha value is -1.00. The summed E-state index contributed by atoms with van der Waals surface area (Å²) in [5.41, 5.74) is 7.88. The minimum atomic E-state index is 0.584. The lowest BCUT2D eigenvalue weighted by Crippen LogP contribution is -1.99. The van der Waals surface area contributed by atoms with Gasteiger partial charge in [-0.05, 0) is 11.1 Å². The van der Waals surface area contributed by atoms with Gasteiger partial charge in [0, 0.05) is 12.8 Å². The fourth-order valence-corrected chi connectivity index (χ4v) is 1.28. The van der Waals surface area contributed by atoms with Gasteiger partial charge in [0.15, 0.2) is 0 Å². The summed E-state index contributed by atoms with van der Waals surface area (Å²) >= 11 is 1.53. The molecule has 0 aliphatic rings. The van der Waals surface area contributed by atoms with Crippen LogP contribution in [-0.2, 0) is 13.1 Å². The number of hydrogen-bond donors (Lipinski definition) is 2. The number of benzene rings is 1. The van der Waals surface area contributed by atoms with Crippen LogP contribution in [0.4, 0.5) is 0 Å². The number of nitrogens with two attached hydrogens (primary N) is 1. The first-order valence-corrected chi connectivity index (χ1v) is 5.64. The molecular weight excluding hydrogens is 194 g/mol. The van der Waals surface area contributed by atoms with E-state index in [4.69, 9.17) is 5.73 Å². The number of rotatable bonds is 5. The quantitative estimate of drug-likeness (QED) is 0.439. The molecule has 3 nitrogen and oxygen atoms in total. The van der Waals surface area contributed by atoms with Crippen LogP contribution in [0.25, 0.3) is 0 Å². The number of nitrogens with zero attached hydrogens (tertiary/aromatic N) is 1. The van der Waals surface area contributed by atoms with Crippen LogP contribution < -0.4 is 10.5 Å². The SMILES string of the molecule is CSNC=NCc1cccc(CN)c1. The molecule has 0 aliphatic heterocycles. The van der Waals surface area contributed by atoms with Crippen LogP contribution in [0.2, 0.25) is 0 Å². The van der Waals surface area contributed by atoms with Crippen LogP contribution in [0.15, 0.2) is 29.3 Å². The van der Waals surface area contributed by atoms with Gasteiger partial charge in [-0.3, -0.25) is 4.99 Å². The van der Waals surface area contributed by atoms with Gasteiger partial charge in [-0.2, -0.15) is 0 Å². The smallest absolute Gasteiger partial charge is 0.0926 e. The molecule has 0 fully saturated rings. The maximum absolute atomic E-state index is 5.54. The number of nitrogens with one attached hydrogen (secondary N) is 1. The highest BCUT2D eigenvalue weighted by molar-refractivity contribution is 7.97. The van der Waals surface area contributed by atoms with E-state index in [1.165, 1.54) is 17.5 Å². The molecule has 1 aromatic rings. The van der Waals surface area contributed by atoms with Crippen LogP contribution in [-0.4, -0.2) is 12.6 Å². The molecule has 0 aromatic heterocycles. The predicted octanol–water partition coefficient (Wildman–Crippen LogP) is 1.54. The molecule has 1 aromatic carbocycles. The molecule has 0 heterocycles. The molecule has 0 atom stereocenters. The van der Waals surface area contributed by atoms with Crippen molar-refractivity contribution in [1.82, 2.24) is 4.72 Å². The lowest BCUT2D eigenvalue weighted by molar-refractivity contribution is 1.03. The van der Waals surface area contributed by atoms with Crippen molar-refractivity contribution in [2.75, 3.05) is 6.26 Å². The zero-order chi connectivity index (χ0) is 10.2. The maximum Gasteiger partial charge on any atom is 0.0926 e.